The molecule has 7 nitrogen and oxygen atoms in total. The summed E-state index contributed by atoms with van der Waals surface area (Å²) in [4.78, 5) is 3.07. The predicted octanol–water partition coefficient (Wildman–Crippen LogP) is 4.98. The van der Waals surface area contributed by atoms with Crippen LogP contribution >= 0.6 is 23.6 Å². The van der Waals surface area contributed by atoms with Gasteiger partial charge in [0.15, 0.2) is 5.65 Å². The molecule has 5 heterocycles. The quantitative estimate of drug-likeness (QED) is 0.335. The van der Waals surface area contributed by atoms with E-state index < -0.39 is 11.7 Å². The van der Waals surface area contributed by atoms with Gasteiger partial charge in [0.05, 0.1) is 22.4 Å². The number of hydrogen-bond acceptors (Lipinski definition) is 6. The molecule has 12 heteroatoms. The summed E-state index contributed by atoms with van der Waals surface area (Å²) in [5.41, 5.74) is 0.750. The minimum atomic E-state index is -4.41. The molecule has 0 amide bonds. The van der Waals surface area contributed by atoms with Crippen LogP contribution in [-0.2, 0) is 12.8 Å². The number of nitrogens with zero attached hydrogens (tertiary/aromatic N) is 7. The predicted molar refractivity (Wildman–Crippen MR) is 121 cm³/mol. The number of benzene rings is 1. The van der Waals surface area contributed by atoms with Gasteiger partial charge in [0.1, 0.15) is 5.82 Å². The number of piperidine rings is 1. The molecular weight excluding hydrogens is 471 g/mol. The van der Waals surface area contributed by atoms with Crippen LogP contribution in [-0.4, -0.2) is 46.8 Å². The Balaban J connectivity index is 1.28. The molecular formula is C21H18F3N7S2. The third-order valence-electron chi connectivity index (χ3n) is 6.08. The second kappa shape index (κ2) is 7.61. The number of para-hydroxylation sites is 1. The van der Waals surface area contributed by atoms with Crippen molar-refractivity contribution in [2.75, 3.05) is 13.1 Å². The summed E-state index contributed by atoms with van der Waals surface area (Å²) in [6, 6.07) is 10.5. The molecule has 6 rings (SSSR count). The minimum Gasteiger partial charge on any atom is -0.286 e. The standard InChI is InChI=1S/C21H18F3N7S2/c22-21(23,24)14-7-8-17-25-26-18(29(17)11-14)13-4-3-9-28(10-13)12-30-20(32)31-15-5-1-2-6-16(15)33-19(31)27-30/h1-2,5-8,11,13H,3-4,9-10,12H2/t13-/m0/s1. The van der Waals surface area contributed by atoms with Crippen LogP contribution < -0.4 is 0 Å². The average Bonchev–Trinajstić information content (AvgIpc) is 3.46. The first-order valence-electron chi connectivity index (χ1n) is 10.5. The van der Waals surface area contributed by atoms with E-state index in [1.54, 1.807) is 11.3 Å². The van der Waals surface area contributed by atoms with E-state index >= 15 is 0 Å². The highest BCUT2D eigenvalue weighted by atomic mass is 32.1. The van der Waals surface area contributed by atoms with Crippen LogP contribution in [0.1, 0.15) is 30.1 Å². The van der Waals surface area contributed by atoms with Gasteiger partial charge in [0.2, 0.25) is 9.73 Å². The molecule has 0 saturated carbocycles. The molecule has 1 aromatic carbocycles. The van der Waals surface area contributed by atoms with Crippen molar-refractivity contribution in [3.05, 3.63) is 58.8 Å². The number of halogens is 3. The molecule has 1 saturated heterocycles. The third-order valence-corrected chi connectivity index (χ3v) is 7.48. The Bertz CT molecular complexity index is 1540. The first-order valence-corrected chi connectivity index (χ1v) is 11.7. The van der Waals surface area contributed by atoms with Crippen molar-refractivity contribution in [2.45, 2.75) is 31.6 Å². The van der Waals surface area contributed by atoms with Gasteiger partial charge in [-0.25, -0.2) is 4.68 Å². The highest BCUT2D eigenvalue weighted by Gasteiger charge is 2.32. The number of rotatable bonds is 3. The lowest BCUT2D eigenvalue weighted by Gasteiger charge is -2.31. The Morgan fingerprint density at radius 2 is 1.97 bits per heavy atom. The smallest absolute Gasteiger partial charge is 0.286 e. The van der Waals surface area contributed by atoms with E-state index in [0.717, 1.165) is 46.8 Å². The van der Waals surface area contributed by atoms with Gasteiger partial charge in [0, 0.05) is 18.7 Å². The van der Waals surface area contributed by atoms with Gasteiger partial charge in [0.25, 0.3) is 0 Å². The molecule has 0 spiro atoms. The number of likely N-dealkylation sites (tertiary alicyclic amines) is 1. The molecule has 0 aliphatic carbocycles. The minimum absolute atomic E-state index is 0.0315. The summed E-state index contributed by atoms with van der Waals surface area (Å²) < 4.78 is 46.7. The topological polar surface area (TPSA) is 55.7 Å². The lowest BCUT2D eigenvalue weighted by Crippen LogP contribution is -2.36. The number of alkyl halides is 3. The molecule has 170 valence electrons. The van der Waals surface area contributed by atoms with E-state index in [1.807, 2.05) is 27.3 Å². The maximum absolute atomic E-state index is 13.2. The Kier molecular flexibility index (Phi) is 4.78. The number of hydrogen-bond donors (Lipinski definition) is 0. The molecule has 1 aliphatic rings. The first-order chi connectivity index (χ1) is 15.9. The van der Waals surface area contributed by atoms with E-state index in [0.29, 0.717) is 29.5 Å². The zero-order valence-corrected chi connectivity index (χ0v) is 18.9. The molecule has 4 aromatic heterocycles. The second-order valence-electron chi connectivity index (χ2n) is 8.23. The van der Waals surface area contributed by atoms with Gasteiger partial charge in [-0.1, -0.05) is 23.5 Å². The van der Waals surface area contributed by atoms with Gasteiger partial charge >= 0.3 is 6.18 Å². The number of thiazole rings is 1. The highest BCUT2D eigenvalue weighted by molar-refractivity contribution is 7.71. The zero-order chi connectivity index (χ0) is 22.7. The second-order valence-corrected chi connectivity index (χ2v) is 9.60. The highest BCUT2D eigenvalue weighted by Crippen LogP contribution is 2.32. The fraction of sp³-hybridized carbons (Fsp3) is 0.333. The van der Waals surface area contributed by atoms with Crippen molar-refractivity contribution < 1.29 is 13.2 Å². The largest absolute Gasteiger partial charge is 0.417 e. The molecule has 5 aromatic rings. The number of pyridine rings is 1. The van der Waals surface area contributed by atoms with E-state index in [2.05, 4.69) is 21.2 Å². The van der Waals surface area contributed by atoms with E-state index in [9.17, 15) is 13.2 Å². The normalized spacial score (nSPS) is 18.1. The SMILES string of the molecule is FC(F)(F)c1ccc2nnc([C@H]3CCCN(Cn4nc5sc6ccccc6n5c4=S)C3)n2c1. The lowest BCUT2D eigenvalue weighted by atomic mass is 9.97. The monoisotopic (exact) mass is 489 g/mol. The van der Waals surface area contributed by atoms with Crippen LogP contribution in [0.15, 0.2) is 42.6 Å². The van der Waals surface area contributed by atoms with Crippen LogP contribution in [0.3, 0.4) is 0 Å². The summed E-state index contributed by atoms with van der Waals surface area (Å²) in [6.07, 6.45) is -1.59. The van der Waals surface area contributed by atoms with Gasteiger partial charge in [-0.15, -0.1) is 15.3 Å². The Morgan fingerprint density at radius 1 is 1.12 bits per heavy atom. The first kappa shape index (κ1) is 20.8. The van der Waals surface area contributed by atoms with E-state index in [-0.39, 0.29) is 5.92 Å². The maximum Gasteiger partial charge on any atom is 0.417 e. The van der Waals surface area contributed by atoms with Crippen LogP contribution in [0.2, 0.25) is 0 Å². The van der Waals surface area contributed by atoms with Gasteiger partial charge in [-0.2, -0.15) is 13.2 Å². The summed E-state index contributed by atoms with van der Waals surface area (Å²) in [5.74, 6) is 0.525. The van der Waals surface area contributed by atoms with Gasteiger partial charge in [-0.3, -0.25) is 13.7 Å². The van der Waals surface area contributed by atoms with Crippen molar-refractivity contribution >= 4 is 44.4 Å². The van der Waals surface area contributed by atoms with E-state index in [1.165, 1.54) is 10.5 Å². The van der Waals surface area contributed by atoms with Crippen molar-refractivity contribution in [3.63, 3.8) is 0 Å². The summed E-state index contributed by atoms with van der Waals surface area (Å²) >= 11 is 7.30. The van der Waals surface area contributed by atoms with Crippen molar-refractivity contribution in [3.8, 4) is 0 Å². The fourth-order valence-electron chi connectivity index (χ4n) is 4.52. The molecule has 0 radical (unpaired) electrons. The maximum atomic E-state index is 13.2. The number of fused-ring (bicyclic) bond motifs is 4. The zero-order valence-electron chi connectivity index (χ0n) is 17.2. The Labute approximate surface area is 194 Å². The van der Waals surface area contributed by atoms with Crippen LogP contribution in [0.5, 0.6) is 0 Å². The third kappa shape index (κ3) is 3.52. The molecule has 1 atom stereocenters. The fourth-order valence-corrected chi connectivity index (χ4v) is 5.88. The Hall–Kier alpha value is -2.83. The average molecular weight is 490 g/mol. The van der Waals surface area contributed by atoms with Crippen LogP contribution in [0.4, 0.5) is 13.2 Å². The van der Waals surface area contributed by atoms with Gasteiger partial charge < -0.3 is 0 Å². The molecule has 1 fully saturated rings. The Morgan fingerprint density at radius 3 is 2.82 bits per heavy atom. The lowest BCUT2D eigenvalue weighted by molar-refractivity contribution is -0.137. The molecule has 33 heavy (non-hydrogen) atoms. The summed E-state index contributed by atoms with van der Waals surface area (Å²) in [7, 11) is 0. The van der Waals surface area contributed by atoms with E-state index in [4.69, 9.17) is 17.3 Å². The molecule has 0 unspecified atom stereocenters. The van der Waals surface area contributed by atoms with Crippen molar-refractivity contribution in [1.82, 2.24) is 33.7 Å². The van der Waals surface area contributed by atoms with Gasteiger partial charge in [-0.05, 0) is 55.9 Å². The molecule has 0 N–H and O–H groups in total. The van der Waals surface area contributed by atoms with Crippen LogP contribution in [0.25, 0.3) is 20.8 Å². The van der Waals surface area contributed by atoms with Crippen LogP contribution in [0, 0.1) is 4.77 Å². The van der Waals surface area contributed by atoms with Crippen molar-refractivity contribution in [2.24, 2.45) is 0 Å². The molecule has 1 aliphatic heterocycles. The summed E-state index contributed by atoms with van der Waals surface area (Å²) in [5, 5.41) is 13.0. The number of aromatic nitrogens is 6. The molecule has 0 bridgehead atoms. The summed E-state index contributed by atoms with van der Waals surface area (Å²) in [6.45, 7) is 2.02. The van der Waals surface area contributed by atoms with Crippen molar-refractivity contribution in [1.29, 1.82) is 0 Å².